The smallest absolute Gasteiger partial charge is 0.475 e. The van der Waals surface area contributed by atoms with Crippen LogP contribution in [0.15, 0.2) is 61.1 Å². The number of piperidine rings is 1. The number of carboxylic acid groups (broad SMARTS) is 1. The lowest BCUT2D eigenvalue weighted by Gasteiger charge is -2.32. The molecule has 0 aliphatic carbocycles. The third-order valence-corrected chi connectivity index (χ3v) is 5.28. The van der Waals surface area contributed by atoms with Crippen LogP contribution in [0.4, 0.5) is 23.8 Å². The molecule has 7 nitrogen and oxygen atoms in total. The third kappa shape index (κ3) is 7.16. The highest BCUT2D eigenvalue weighted by atomic mass is 19.4. The van der Waals surface area contributed by atoms with Crippen molar-refractivity contribution in [2.24, 2.45) is 5.92 Å². The van der Waals surface area contributed by atoms with Crippen LogP contribution in [0.25, 0.3) is 10.8 Å². The Kier molecular flexibility index (Phi) is 7.81. The van der Waals surface area contributed by atoms with Crippen molar-refractivity contribution < 1.29 is 27.9 Å². The number of rotatable bonds is 3. The minimum Gasteiger partial charge on any atom is -0.475 e. The Morgan fingerprint density at radius 2 is 1.73 bits per heavy atom. The molecule has 1 aliphatic rings. The molecule has 2 aromatic carbocycles. The Hall–Kier alpha value is -3.69. The van der Waals surface area contributed by atoms with Crippen LogP contribution in [0.5, 0.6) is 0 Å². The molecule has 3 aromatic rings. The number of carboxylic acids is 1. The first-order valence-corrected chi connectivity index (χ1v) is 10.3. The van der Waals surface area contributed by atoms with E-state index in [-0.39, 0.29) is 6.03 Å². The van der Waals surface area contributed by atoms with E-state index >= 15 is 0 Å². The summed E-state index contributed by atoms with van der Waals surface area (Å²) >= 11 is 0. The van der Waals surface area contributed by atoms with Gasteiger partial charge in [-0.3, -0.25) is 10.3 Å². The zero-order valence-corrected chi connectivity index (χ0v) is 17.6. The van der Waals surface area contributed by atoms with Gasteiger partial charge in [-0.15, -0.1) is 0 Å². The topological polar surface area (TPSA) is 95.4 Å². The Bertz CT molecular complexity index is 1090. The molecular weight excluding hydrogens is 437 g/mol. The number of hydrogen-bond donors (Lipinski definition) is 2. The van der Waals surface area contributed by atoms with Gasteiger partial charge in [0.2, 0.25) is 0 Å². The average Bonchev–Trinajstić information content (AvgIpc) is 2.80. The van der Waals surface area contributed by atoms with Crippen molar-refractivity contribution in [3.63, 3.8) is 0 Å². The SMILES string of the molecule is O=C(Nc1cnccn1)N1CCC(Cc2ccc3ccccc3c2)CC1.O=C(O)C(F)(F)F. The summed E-state index contributed by atoms with van der Waals surface area (Å²) in [6.45, 7) is 1.56. The van der Waals surface area contributed by atoms with Crippen molar-refractivity contribution in [3.05, 3.63) is 66.6 Å². The van der Waals surface area contributed by atoms with Gasteiger partial charge in [0.1, 0.15) is 0 Å². The number of likely N-dealkylation sites (tertiary alicyclic amines) is 1. The molecule has 33 heavy (non-hydrogen) atoms. The zero-order chi connectivity index (χ0) is 23.8. The molecular formula is C23H23F3N4O3. The van der Waals surface area contributed by atoms with Gasteiger partial charge in [0.25, 0.3) is 0 Å². The summed E-state index contributed by atoms with van der Waals surface area (Å²) in [4.78, 5) is 31.1. The molecule has 0 bridgehead atoms. The number of aliphatic carboxylic acids is 1. The molecule has 10 heteroatoms. The second-order valence-electron chi connectivity index (χ2n) is 7.64. The zero-order valence-electron chi connectivity index (χ0n) is 17.6. The summed E-state index contributed by atoms with van der Waals surface area (Å²) in [6.07, 6.45) is 2.77. The highest BCUT2D eigenvalue weighted by Gasteiger charge is 2.38. The number of carbonyl (C=O) groups is 2. The first-order chi connectivity index (χ1) is 15.7. The number of urea groups is 1. The molecule has 174 valence electrons. The molecule has 1 aliphatic heterocycles. The van der Waals surface area contributed by atoms with E-state index in [2.05, 4.69) is 57.7 Å². The second-order valence-corrected chi connectivity index (χ2v) is 7.64. The van der Waals surface area contributed by atoms with Gasteiger partial charge in [0.05, 0.1) is 6.20 Å². The summed E-state index contributed by atoms with van der Waals surface area (Å²) in [6, 6.07) is 15.1. The van der Waals surface area contributed by atoms with Crippen molar-refractivity contribution in [1.82, 2.24) is 14.9 Å². The van der Waals surface area contributed by atoms with Crippen LogP contribution in [0.3, 0.4) is 0 Å². The lowest BCUT2D eigenvalue weighted by molar-refractivity contribution is -0.192. The summed E-state index contributed by atoms with van der Waals surface area (Å²) in [5.41, 5.74) is 1.38. The first kappa shape index (κ1) is 24.0. The fourth-order valence-electron chi connectivity index (χ4n) is 3.59. The lowest BCUT2D eigenvalue weighted by Crippen LogP contribution is -2.41. The number of alkyl halides is 3. The van der Waals surface area contributed by atoms with Gasteiger partial charge >= 0.3 is 18.2 Å². The Balaban J connectivity index is 0.000000383. The van der Waals surface area contributed by atoms with Gasteiger partial charge in [0, 0.05) is 25.5 Å². The molecule has 1 saturated heterocycles. The van der Waals surface area contributed by atoms with Crippen LogP contribution < -0.4 is 5.32 Å². The van der Waals surface area contributed by atoms with Crippen LogP contribution in [0.2, 0.25) is 0 Å². The normalized spacial score (nSPS) is 14.3. The maximum Gasteiger partial charge on any atom is 0.490 e. The van der Waals surface area contributed by atoms with E-state index < -0.39 is 12.1 Å². The van der Waals surface area contributed by atoms with Gasteiger partial charge in [-0.05, 0) is 41.5 Å². The fraction of sp³-hybridized carbons (Fsp3) is 0.304. The largest absolute Gasteiger partial charge is 0.490 e. The number of carbonyl (C=O) groups excluding carboxylic acids is 1. The van der Waals surface area contributed by atoms with Crippen LogP contribution in [0.1, 0.15) is 18.4 Å². The summed E-state index contributed by atoms with van der Waals surface area (Å²) < 4.78 is 31.7. The number of halogens is 3. The number of hydrogen-bond acceptors (Lipinski definition) is 4. The Morgan fingerprint density at radius 3 is 2.33 bits per heavy atom. The van der Waals surface area contributed by atoms with E-state index in [1.807, 2.05) is 4.90 Å². The highest BCUT2D eigenvalue weighted by Crippen LogP contribution is 2.24. The summed E-state index contributed by atoms with van der Waals surface area (Å²) in [7, 11) is 0. The van der Waals surface area contributed by atoms with E-state index in [0.717, 1.165) is 32.4 Å². The van der Waals surface area contributed by atoms with Gasteiger partial charge in [0.15, 0.2) is 5.82 Å². The fourth-order valence-corrected chi connectivity index (χ4v) is 3.59. The number of amides is 2. The predicted octanol–water partition coefficient (Wildman–Crippen LogP) is 4.75. The maximum absolute atomic E-state index is 12.3. The van der Waals surface area contributed by atoms with Crippen molar-refractivity contribution in [3.8, 4) is 0 Å². The van der Waals surface area contributed by atoms with E-state index in [4.69, 9.17) is 9.90 Å². The molecule has 1 fully saturated rings. The lowest BCUT2D eigenvalue weighted by atomic mass is 9.89. The monoisotopic (exact) mass is 460 g/mol. The summed E-state index contributed by atoms with van der Waals surface area (Å²) in [5, 5.41) is 12.5. The molecule has 1 aromatic heterocycles. The number of aromatic nitrogens is 2. The summed E-state index contributed by atoms with van der Waals surface area (Å²) in [5.74, 6) is -1.64. The molecule has 0 spiro atoms. The number of anilines is 1. The molecule has 0 radical (unpaired) electrons. The van der Waals surface area contributed by atoms with Gasteiger partial charge in [-0.1, -0.05) is 42.5 Å². The molecule has 0 unspecified atom stereocenters. The Morgan fingerprint density at radius 1 is 1.06 bits per heavy atom. The molecule has 0 saturated carbocycles. The van der Waals surface area contributed by atoms with Crippen LogP contribution in [-0.4, -0.2) is 51.2 Å². The number of fused-ring (bicyclic) bond motifs is 1. The van der Waals surface area contributed by atoms with Crippen molar-refractivity contribution in [1.29, 1.82) is 0 Å². The number of nitrogens with one attached hydrogen (secondary N) is 1. The van der Waals surface area contributed by atoms with Gasteiger partial charge in [-0.25, -0.2) is 14.6 Å². The molecule has 2 heterocycles. The quantitative estimate of drug-likeness (QED) is 0.588. The minimum absolute atomic E-state index is 0.0883. The Labute approximate surface area is 188 Å². The van der Waals surface area contributed by atoms with Gasteiger partial charge in [-0.2, -0.15) is 13.2 Å². The van der Waals surface area contributed by atoms with Crippen LogP contribution >= 0.6 is 0 Å². The first-order valence-electron chi connectivity index (χ1n) is 10.3. The van der Waals surface area contributed by atoms with E-state index in [1.54, 1.807) is 18.6 Å². The van der Waals surface area contributed by atoms with Crippen molar-refractivity contribution >= 4 is 28.6 Å². The number of benzene rings is 2. The third-order valence-electron chi connectivity index (χ3n) is 5.28. The molecule has 2 N–H and O–H groups in total. The van der Waals surface area contributed by atoms with Crippen LogP contribution in [-0.2, 0) is 11.2 Å². The van der Waals surface area contributed by atoms with E-state index in [9.17, 15) is 18.0 Å². The maximum atomic E-state index is 12.3. The van der Waals surface area contributed by atoms with E-state index in [1.165, 1.54) is 16.3 Å². The molecule has 4 rings (SSSR count). The minimum atomic E-state index is -5.08. The van der Waals surface area contributed by atoms with Gasteiger partial charge < -0.3 is 10.0 Å². The molecule has 0 atom stereocenters. The van der Waals surface area contributed by atoms with Crippen molar-refractivity contribution in [2.45, 2.75) is 25.4 Å². The second kappa shape index (κ2) is 10.8. The highest BCUT2D eigenvalue weighted by molar-refractivity contribution is 5.88. The molecule has 2 amide bonds. The van der Waals surface area contributed by atoms with Crippen molar-refractivity contribution in [2.75, 3.05) is 18.4 Å². The van der Waals surface area contributed by atoms with E-state index in [0.29, 0.717) is 11.7 Å². The van der Waals surface area contributed by atoms with Crippen LogP contribution in [0, 0.1) is 5.92 Å². The number of nitrogens with zero attached hydrogens (tertiary/aromatic N) is 3. The average molecular weight is 460 g/mol. The standard InChI is InChI=1S/C21H22N4O.C2HF3O2/c26-21(24-20-15-22-9-10-23-20)25-11-7-16(8-12-25)13-17-5-6-18-3-1-2-4-19(18)14-17;3-2(4,5)1(6)7/h1-6,9-10,14-16H,7-8,11-13H2,(H,23,24,26);(H,6,7). The predicted molar refractivity (Wildman–Crippen MR) is 117 cm³/mol.